The van der Waals surface area contributed by atoms with Gasteiger partial charge in [-0.3, -0.25) is 9.69 Å². The molecule has 3 heteroatoms. The Kier molecular flexibility index (Phi) is 3.39. The number of benzene rings is 3. The minimum Gasteiger partial charge on any atom is -0.506 e. The molecule has 0 atom stereocenters. The zero-order valence-corrected chi connectivity index (χ0v) is 12.9. The third-order valence-electron chi connectivity index (χ3n) is 4.10. The van der Waals surface area contributed by atoms with E-state index in [0.29, 0.717) is 11.3 Å². The lowest BCUT2D eigenvalue weighted by molar-refractivity contribution is -0.112. The summed E-state index contributed by atoms with van der Waals surface area (Å²) >= 11 is 0. The Balaban J connectivity index is 1.89. The van der Waals surface area contributed by atoms with Gasteiger partial charge in [0.05, 0.1) is 16.9 Å². The van der Waals surface area contributed by atoms with Crippen molar-refractivity contribution < 1.29 is 9.90 Å². The minimum absolute atomic E-state index is 0.0848. The van der Waals surface area contributed by atoms with Crippen LogP contribution in [-0.2, 0) is 4.79 Å². The molecule has 4 rings (SSSR count). The van der Waals surface area contributed by atoms with Crippen LogP contribution in [0.3, 0.4) is 0 Å². The first kappa shape index (κ1) is 14.3. The standard InChI is InChI=1S/C21H15NO2/c23-20-13-7-6-12-19(20)22-18-11-5-4-10-16(18)17(21(22)24)14-15-8-2-1-3-9-15/h1-14,23H. The van der Waals surface area contributed by atoms with Crippen LogP contribution >= 0.6 is 0 Å². The van der Waals surface area contributed by atoms with E-state index in [4.69, 9.17) is 0 Å². The van der Waals surface area contributed by atoms with Gasteiger partial charge in [0.15, 0.2) is 0 Å². The molecule has 0 saturated heterocycles. The maximum absolute atomic E-state index is 13.1. The van der Waals surface area contributed by atoms with Gasteiger partial charge < -0.3 is 5.11 Å². The zero-order valence-electron chi connectivity index (χ0n) is 12.9. The number of anilines is 2. The van der Waals surface area contributed by atoms with Gasteiger partial charge in [-0.25, -0.2) is 0 Å². The molecule has 24 heavy (non-hydrogen) atoms. The Morgan fingerprint density at radius 2 is 1.38 bits per heavy atom. The van der Waals surface area contributed by atoms with E-state index < -0.39 is 0 Å². The number of fused-ring (bicyclic) bond motifs is 1. The van der Waals surface area contributed by atoms with Crippen LogP contribution in [-0.4, -0.2) is 11.0 Å². The molecule has 0 aliphatic carbocycles. The molecule has 0 fully saturated rings. The molecule has 0 unspecified atom stereocenters. The maximum atomic E-state index is 13.1. The van der Waals surface area contributed by atoms with Crippen LogP contribution in [0.4, 0.5) is 11.4 Å². The zero-order chi connectivity index (χ0) is 16.5. The average Bonchev–Trinajstić information content (AvgIpc) is 2.89. The van der Waals surface area contributed by atoms with Gasteiger partial charge in [0.1, 0.15) is 5.75 Å². The van der Waals surface area contributed by atoms with Gasteiger partial charge in [-0.1, -0.05) is 60.7 Å². The quantitative estimate of drug-likeness (QED) is 0.702. The highest BCUT2D eigenvalue weighted by atomic mass is 16.3. The molecule has 0 spiro atoms. The first-order chi connectivity index (χ1) is 11.8. The van der Waals surface area contributed by atoms with E-state index in [1.165, 1.54) is 0 Å². The van der Waals surface area contributed by atoms with E-state index in [-0.39, 0.29) is 11.7 Å². The van der Waals surface area contributed by atoms with Gasteiger partial charge in [-0.2, -0.15) is 0 Å². The fourth-order valence-corrected chi connectivity index (χ4v) is 2.99. The number of phenols is 1. The summed E-state index contributed by atoms with van der Waals surface area (Å²) in [5, 5.41) is 10.2. The summed E-state index contributed by atoms with van der Waals surface area (Å²) < 4.78 is 0. The fraction of sp³-hybridized carbons (Fsp3) is 0. The normalized spacial score (nSPS) is 14.9. The van der Waals surface area contributed by atoms with Crippen LogP contribution in [0.15, 0.2) is 78.9 Å². The molecule has 1 amide bonds. The van der Waals surface area contributed by atoms with Crippen molar-refractivity contribution in [2.75, 3.05) is 4.90 Å². The first-order valence-electron chi connectivity index (χ1n) is 7.74. The predicted octanol–water partition coefficient (Wildman–Crippen LogP) is 4.61. The molecule has 3 aromatic carbocycles. The molecule has 1 aliphatic rings. The van der Waals surface area contributed by atoms with Gasteiger partial charge in [0.25, 0.3) is 5.91 Å². The molecule has 116 valence electrons. The molecule has 0 saturated carbocycles. The third kappa shape index (κ3) is 2.27. The lowest BCUT2D eigenvalue weighted by Gasteiger charge is -2.18. The molecule has 0 aromatic heterocycles. The Hall–Kier alpha value is -3.33. The van der Waals surface area contributed by atoms with Crippen LogP contribution in [0.1, 0.15) is 11.1 Å². The number of carbonyl (C=O) groups excluding carboxylic acids is 1. The lowest BCUT2D eigenvalue weighted by Crippen LogP contribution is -2.20. The number of carbonyl (C=O) groups is 1. The van der Waals surface area contributed by atoms with Gasteiger partial charge in [-0.15, -0.1) is 0 Å². The van der Waals surface area contributed by atoms with Crippen molar-refractivity contribution in [2.24, 2.45) is 0 Å². The number of para-hydroxylation sites is 3. The number of nitrogens with zero attached hydrogens (tertiary/aromatic N) is 1. The predicted molar refractivity (Wildman–Crippen MR) is 96.0 cm³/mol. The van der Waals surface area contributed by atoms with Crippen molar-refractivity contribution in [3.63, 3.8) is 0 Å². The van der Waals surface area contributed by atoms with Crippen LogP contribution in [0.2, 0.25) is 0 Å². The maximum Gasteiger partial charge on any atom is 0.263 e. The first-order valence-corrected chi connectivity index (χ1v) is 7.74. The third-order valence-corrected chi connectivity index (χ3v) is 4.10. The molecule has 0 bridgehead atoms. The average molecular weight is 313 g/mol. The highest BCUT2D eigenvalue weighted by Crippen LogP contribution is 2.44. The highest BCUT2D eigenvalue weighted by molar-refractivity contribution is 6.38. The number of rotatable bonds is 2. The van der Waals surface area contributed by atoms with Crippen molar-refractivity contribution in [3.05, 3.63) is 90.0 Å². The van der Waals surface area contributed by atoms with Crippen molar-refractivity contribution in [1.29, 1.82) is 0 Å². The topological polar surface area (TPSA) is 40.5 Å². The Morgan fingerprint density at radius 3 is 2.12 bits per heavy atom. The van der Waals surface area contributed by atoms with E-state index in [1.54, 1.807) is 23.1 Å². The molecule has 1 heterocycles. The molecular formula is C21H15NO2. The SMILES string of the molecule is O=C1C(=Cc2ccccc2)c2ccccc2N1c1ccccc1O. The Bertz CT molecular complexity index is 945. The molecule has 3 nitrogen and oxygen atoms in total. The smallest absolute Gasteiger partial charge is 0.263 e. The summed E-state index contributed by atoms with van der Waals surface area (Å²) in [6.07, 6.45) is 1.89. The van der Waals surface area contributed by atoms with E-state index in [9.17, 15) is 9.90 Å². The van der Waals surface area contributed by atoms with Gasteiger partial charge in [0, 0.05) is 5.56 Å². The van der Waals surface area contributed by atoms with Gasteiger partial charge in [-0.05, 0) is 29.8 Å². The number of amides is 1. The second-order valence-electron chi connectivity index (χ2n) is 5.62. The Morgan fingerprint density at radius 1 is 0.750 bits per heavy atom. The van der Waals surface area contributed by atoms with Crippen molar-refractivity contribution in [2.45, 2.75) is 0 Å². The summed E-state index contributed by atoms with van der Waals surface area (Å²) in [5.41, 5.74) is 3.74. The fourth-order valence-electron chi connectivity index (χ4n) is 2.99. The number of phenolic OH excluding ortho intramolecular Hbond substituents is 1. The Labute approximate surface area is 140 Å². The van der Waals surface area contributed by atoms with Crippen LogP contribution in [0, 0.1) is 0 Å². The summed E-state index contributed by atoms with van der Waals surface area (Å²) in [6, 6.07) is 24.3. The van der Waals surface area contributed by atoms with E-state index in [0.717, 1.165) is 16.8 Å². The number of aromatic hydroxyl groups is 1. The van der Waals surface area contributed by atoms with Crippen molar-refractivity contribution in [1.82, 2.24) is 0 Å². The molecule has 0 radical (unpaired) electrons. The largest absolute Gasteiger partial charge is 0.506 e. The van der Waals surface area contributed by atoms with Crippen LogP contribution in [0.5, 0.6) is 5.75 Å². The number of hydrogen-bond acceptors (Lipinski definition) is 2. The summed E-state index contributed by atoms with van der Waals surface area (Å²) in [4.78, 5) is 14.6. The minimum atomic E-state index is -0.137. The molecule has 1 aliphatic heterocycles. The van der Waals surface area contributed by atoms with E-state index in [1.807, 2.05) is 66.7 Å². The summed E-state index contributed by atoms with van der Waals surface area (Å²) in [6.45, 7) is 0. The second-order valence-corrected chi connectivity index (χ2v) is 5.62. The second kappa shape index (κ2) is 5.70. The number of hydrogen-bond donors (Lipinski definition) is 1. The van der Waals surface area contributed by atoms with Crippen LogP contribution < -0.4 is 4.90 Å². The van der Waals surface area contributed by atoms with E-state index >= 15 is 0 Å². The molecule has 1 N–H and O–H groups in total. The van der Waals surface area contributed by atoms with E-state index in [2.05, 4.69) is 0 Å². The highest BCUT2D eigenvalue weighted by Gasteiger charge is 2.34. The molecular weight excluding hydrogens is 298 g/mol. The van der Waals surface area contributed by atoms with Gasteiger partial charge in [0.2, 0.25) is 0 Å². The lowest BCUT2D eigenvalue weighted by atomic mass is 10.0. The van der Waals surface area contributed by atoms with Crippen molar-refractivity contribution >= 4 is 28.9 Å². The summed E-state index contributed by atoms with van der Waals surface area (Å²) in [7, 11) is 0. The molecule has 3 aromatic rings. The van der Waals surface area contributed by atoms with Crippen molar-refractivity contribution in [3.8, 4) is 5.75 Å². The van der Waals surface area contributed by atoms with Crippen LogP contribution in [0.25, 0.3) is 11.6 Å². The summed E-state index contributed by atoms with van der Waals surface area (Å²) in [5.74, 6) is -0.0526. The monoisotopic (exact) mass is 313 g/mol. The van der Waals surface area contributed by atoms with Gasteiger partial charge >= 0.3 is 0 Å².